The van der Waals surface area contributed by atoms with Gasteiger partial charge in [0, 0.05) is 36.8 Å². The Hall–Kier alpha value is -1.07. The number of amides is 1. The van der Waals surface area contributed by atoms with Gasteiger partial charge in [0.05, 0.1) is 6.61 Å². The molecule has 0 saturated carbocycles. The quantitative estimate of drug-likeness (QED) is 0.758. The van der Waals surface area contributed by atoms with Crippen LogP contribution in [0.25, 0.3) is 0 Å². The summed E-state index contributed by atoms with van der Waals surface area (Å²) < 4.78 is 5.88. The molecule has 0 radical (unpaired) electrons. The minimum absolute atomic E-state index is 0.0339. The molecule has 0 saturated heterocycles. The summed E-state index contributed by atoms with van der Waals surface area (Å²) in [4.78, 5) is 11.3. The molecule has 0 unspecified atom stereocenters. The maximum Gasteiger partial charge on any atom is 0.221 e. The van der Waals surface area contributed by atoms with E-state index in [0.717, 1.165) is 10.2 Å². The first-order chi connectivity index (χ1) is 8.22. The number of rotatable bonds is 7. The van der Waals surface area contributed by atoms with Crippen molar-refractivity contribution in [2.45, 2.75) is 6.42 Å². The second-order valence-corrected chi connectivity index (χ2v) is 4.44. The largest absolute Gasteiger partial charge is 0.385 e. The molecule has 1 rings (SSSR count). The van der Waals surface area contributed by atoms with Crippen molar-refractivity contribution in [1.82, 2.24) is 5.32 Å². The zero-order chi connectivity index (χ0) is 12.5. The number of hydrogen-bond donors (Lipinski definition) is 2. The van der Waals surface area contributed by atoms with Crippen molar-refractivity contribution >= 4 is 27.5 Å². The highest BCUT2D eigenvalue weighted by molar-refractivity contribution is 9.10. The van der Waals surface area contributed by atoms with Crippen molar-refractivity contribution in [2.75, 3.05) is 32.1 Å². The Morgan fingerprint density at radius 3 is 2.65 bits per heavy atom. The minimum atomic E-state index is 0.0339. The number of carbonyl (C=O) groups is 1. The third-order valence-electron chi connectivity index (χ3n) is 2.15. The Balaban J connectivity index is 2.14. The first-order valence-corrected chi connectivity index (χ1v) is 6.27. The topological polar surface area (TPSA) is 50.4 Å². The van der Waals surface area contributed by atoms with E-state index in [2.05, 4.69) is 26.6 Å². The van der Waals surface area contributed by atoms with Gasteiger partial charge in [-0.3, -0.25) is 4.79 Å². The second-order valence-electron chi connectivity index (χ2n) is 3.53. The number of hydrogen-bond acceptors (Lipinski definition) is 3. The monoisotopic (exact) mass is 300 g/mol. The molecule has 0 aromatic heterocycles. The Morgan fingerprint density at radius 1 is 1.29 bits per heavy atom. The van der Waals surface area contributed by atoms with E-state index < -0.39 is 0 Å². The van der Waals surface area contributed by atoms with Gasteiger partial charge in [0.1, 0.15) is 0 Å². The van der Waals surface area contributed by atoms with Gasteiger partial charge >= 0.3 is 0 Å². The molecule has 1 aromatic rings. The van der Waals surface area contributed by atoms with Gasteiger partial charge in [0.2, 0.25) is 5.91 Å². The molecule has 0 atom stereocenters. The zero-order valence-corrected chi connectivity index (χ0v) is 11.4. The molecule has 2 N–H and O–H groups in total. The smallest absolute Gasteiger partial charge is 0.221 e. The van der Waals surface area contributed by atoms with E-state index >= 15 is 0 Å². The van der Waals surface area contributed by atoms with E-state index in [1.54, 1.807) is 7.11 Å². The van der Waals surface area contributed by atoms with Crippen LogP contribution in [0.15, 0.2) is 28.7 Å². The Morgan fingerprint density at radius 2 is 2.00 bits per heavy atom. The molecule has 0 spiro atoms. The number of nitrogens with one attached hydrogen (secondary N) is 2. The summed E-state index contributed by atoms with van der Waals surface area (Å²) in [5, 5.41) is 5.95. The number of halogens is 1. The summed E-state index contributed by atoms with van der Waals surface area (Å²) >= 11 is 3.37. The lowest BCUT2D eigenvalue weighted by Gasteiger charge is -2.07. The van der Waals surface area contributed by atoms with Crippen molar-refractivity contribution in [3.05, 3.63) is 28.7 Å². The number of benzene rings is 1. The standard InChI is InChI=1S/C12H17BrN2O2/c1-17-9-8-15-12(16)6-7-14-11-4-2-10(13)3-5-11/h2-5,14H,6-9H2,1H3,(H,15,16). The summed E-state index contributed by atoms with van der Waals surface area (Å²) in [7, 11) is 1.61. The summed E-state index contributed by atoms with van der Waals surface area (Å²) in [6.07, 6.45) is 0.458. The van der Waals surface area contributed by atoms with Crippen LogP contribution in [0.3, 0.4) is 0 Å². The van der Waals surface area contributed by atoms with E-state index in [1.807, 2.05) is 24.3 Å². The third-order valence-corrected chi connectivity index (χ3v) is 2.68. The fraction of sp³-hybridized carbons (Fsp3) is 0.417. The molecule has 0 aliphatic heterocycles. The highest BCUT2D eigenvalue weighted by atomic mass is 79.9. The number of methoxy groups -OCH3 is 1. The minimum Gasteiger partial charge on any atom is -0.385 e. The molecule has 1 amide bonds. The van der Waals surface area contributed by atoms with Crippen LogP contribution in [0.5, 0.6) is 0 Å². The molecular weight excluding hydrogens is 284 g/mol. The summed E-state index contributed by atoms with van der Waals surface area (Å²) in [6, 6.07) is 7.85. The molecule has 0 aliphatic rings. The molecule has 5 heteroatoms. The molecule has 17 heavy (non-hydrogen) atoms. The third kappa shape index (κ3) is 6.28. The average molecular weight is 301 g/mol. The fourth-order valence-electron chi connectivity index (χ4n) is 1.27. The lowest BCUT2D eigenvalue weighted by molar-refractivity contribution is -0.121. The van der Waals surface area contributed by atoms with Gasteiger partial charge in [0.25, 0.3) is 0 Å². The molecule has 0 bridgehead atoms. The normalized spacial score (nSPS) is 10.0. The summed E-state index contributed by atoms with van der Waals surface area (Å²) in [5.41, 5.74) is 1.01. The van der Waals surface area contributed by atoms with Gasteiger partial charge in [-0.1, -0.05) is 15.9 Å². The predicted molar refractivity (Wildman–Crippen MR) is 72.1 cm³/mol. The Labute approximate surface area is 110 Å². The Bertz CT molecular complexity index is 341. The van der Waals surface area contributed by atoms with Crippen LogP contribution in [0, 0.1) is 0 Å². The van der Waals surface area contributed by atoms with Crippen LogP contribution in [-0.4, -0.2) is 32.7 Å². The summed E-state index contributed by atoms with van der Waals surface area (Å²) in [6.45, 7) is 1.74. The Kier molecular flexibility index (Phi) is 6.65. The van der Waals surface area contributed by atoms with Crippen LogP contribution in [-0.2, 0) is 9.53 Å². The van der Waals surface area contributed by atoms with E-state index in [0.29, 0.717) is 26.1 Å². The molecule has 4 nitrogen and oxygen atoms in total. The highest BCUT2D eigenvalue weighted by Gasteiger charge is 1.99. The molecule has 0 fully saturated rings. The number of ether oxygens (including phenoxy) is 1. The molecule has 94 valence electrons. The van der Waals surface area contributed by atoms with E-state index in [1.165, 1.54) is 0 Å². The molecule has 0 heterocycles. The van der Waals surface area contributed by atoms with E-state index in [4.69, 9.17) is 4.74 Å². The van der Waals surface area contributed by atoms with Crippen LogP contribution in [0.1, 0.15) is 6.42 Å². The van der Waals surface area contributed by atoms with Gasteiger partial charge < -0.3 is 15.4 Å². The summed E-state index contributed by atoms with van der Waals surface area (Å²) in [5.74, 6) is 0.0339. The molecular formula is C12H17BrN2O2. The number of anilines is 1. The molecule has 1 aromatic carbocycles. The highest BCUT2D eigenvalue weighted by Crippen LogP contribution is 2.13. The fourth-order valence-corrected chi connectivity index (χ4v) is 1.53. The average Bonchev–Trinajstić information content (AvgIpc) is 2.32. The first kappa shape index (κ1) is 14.0. The number of carbonyl (C=O) groups excluding carboxylic acids is 1. The maximum atomic E-state index is 11.3. The van der Waals surface area contributed by atoms with E-state index in [-0.39, 0.29) is 5.91 Å². The van der Waals surface area contributed by atoms with Crippen molar-refractivity contribution in [2.24, 2.45) is 0 Å². The van der Waals surface area contributed by atoms with Crippen molar-refractivity contribution < 1.29 is 9.53 Å². The predicted octanol–water partition coefficient (Wildman–Crippen LogP) is 2.01. The van der Waals surface area contributed by atoms with Crippen LogP contribution in [0.4, 0.5) is 5.69 Å². The van der Waals surface area contributed by atoms with Gasteiger partial charge in [0.15, 0.2) is 0 Å². The SMILES string of the molecule is COCCNC(=O)CCNc1ccc(Br)cc1. The molecule has 0 aliphatic carbocycles. The van der Waals surface area contributed by atoms with Gasteiger partial charge in [-0.2, -0.15) is 0 Å². The maximum absolute atomic E-state index is 11.3. The van der Waals surface area contributed by atoms with Crippen molar-refractivity contribution in [1.29, 1.82) is 0 Å². The zero-order valence-electron chi connectivity index (χ0n) is 9.83. The van der Waals surface area contributed by atoms with Gasteiger partial charge in [-0.15, -0.1) is 0 Å². The second kappa shape index (κ2) is 8.08. The van der Waals surface area contributed by atoms with Gasteiger partial charge in [-0.05, 0) is 24.3 Å². The van der Waals surface area contributed by atoms with Gasteiger partial charge in [-0.25, -0.2) is 0 Å². The lowest BCUT2D eigenvalue weighted by Crippen LogP contribution is -2.28. The first-order valence-electron chi connectivity index (χ1n) is 5.47. The van der Waals surface area contributed by atoms with Crippen LogP contribution >= 0.6 is 15.9 Å². The van der Waals surface area contributed by atoms with Crippen molar-refractivity contribution in [3.8, 4) is 0 Å². The van der Waals surface area contributed by atoms with Crippen LogP contribution in [0.2, 0.25) is 0 Å². The van der Waals surface area contributed by atoms with E-state index in [9.17, 15) is 4.79 Å². The lowest BCUT2D eigenvalue weighted by atomic mass is 10.3. The van der Waals surface area contributed by atoms with Crippen molar-refractivity contribution in [3.63, 3.8) is 0 Å². The van der Waals surface area contributed by atoms with Crippen LogP contribution < -0.4 is 10.6 Å².